The summed E-state index contributed by atoms with van der Waals surface area (Å²) in [6.45, 7) is -1.00. The highest BCUT2D eigenvalue weighted by Gasteiger charge is 2.18. The summed E-state index contributed by atoms with van der Waals surface area (Å²) < 4.78 is 0. The molecule has 1 aromatic carbocycles. The Kier molecular flexibility index (Phi) is 5.06. The minimum Gasteiger partial charge on any atom is -0.504 e. The molecule has 1 atom stereocenters. The first-order valence-corrected chi connectivity index (χ1v) is 5.41. The Labute approximate surface area is 113 Å². The quantitative estimate of drug-likeness (QED) is 0.211. The maximum Gasteiger partial charge on any atom is 0.259 e. The Morgan fingerprint density at radius 2 is 2.00 bits per heavy atom. The molecule has 0 spiro atoms. The molecule has 0 radical (unpaired) electrons. The number of hydrogen-bond donors (Lipinski definition) is 6. The lowest BCUT2D eigenvalue weighted by Gasteiger charge is -2.19. The van der Waals surface area contributed by atoms with Crippen molar-refractivity contribution in [1.29, 1.82) is 0 Å². The van der Waals surface area contributed by atoms with Crippen LogP contribution in [0.15, 0.2) is 17.4 Å². The molecule has 0 fully saturated rings. The predicted molar refractivity (Wildman–Crippen MR) is 66.0 cm³/mol. The van der Waals surface area contributed by atoms with Crippen LogP contribution in [0.1, 0.15) is 5.56 Å². The van der Waals surface area contributed by atoms with Crippen LogP contribution in [-0.4, -0.2) is 44.1 Å². The van der Waals surface area contributed by atoms with Gasteiger partial charge in [0.2, 0.25) is 5.75 Å². The van der Waals surface area contributed by atoms with Gasteiger partial charge >= 0.3 is 0 Å². The van der Waals surface area contributed by atoms with Crippen LogP contribution in [-0.2, 0) is 11.3 Å². The number of nitrogens with two attached hydrogens (primary N) is 1. The van der Waals surface area contributed by atoms with E-state index in [0.29, 0.717) is 5.12 Å². The van der Waals surface area contributed by atoms with Crippen molar-refractivity contribution in [3.63, 3.8) is 0 Å². The van der Waals surface area contributed by atoms with E-state index >= 15 is 0 Å². The molecule has 0 saturated carbocycles. The molecule has 1 unspecified atom stereocenters. The van der Waals surface area contributed by atoms with Crippen LogP contribution in [0, 0.1) is 4.91 Å². The number of phenolic OH excluding ortho intramolecular Hbond substituents is 3. The zero-order valence-electron chi connectivity index (χ0n) is 10.2. The summed E-state index contributed by atoms with van der Waals surface area (Å²) in [6.07, 6.45) is 0. The lowest BCUT2D eigenvalue weighted by Crippen LogP contribution is -2.48. The average molecular weight is 286 g/mol. The second-order valence-corrected chi connectivity index (χ2v) is 3.85. The minimum absolute atomic E-state index is 0.0257. The summed E-state index contributed by atoms with van der Waals surface area (Å²) >= 11 is 0. The summed E-state index contributed by atoms with van der Waals surface area (Å²) in [6, 6.07) is 1.08. The molecule has 1 rings (SSSR count). The van der Waals surface area contributed by atoms with Gasteiger partial charge in [0.05, 0.1) is 18.4 Å². The molecule has 0 aliphatic carbocycles. The fraction of sp³-hybridized carbons (Fsp3) is 0.300. The van der Waals surface area contributed by atoms with E-state index in [0.717, 1.165) is 6.07 Å². The lowest BCUT2D eigenvalue weighted by molar-refractivity contribution is -0.128. The van der Waals surface area contributed by atoms with Gasteiger partial charge in [0, 0.05) is 5.56 Å². The molecule has 0 aliphatic rings. The molecule has 0 bridgehead atoms. The Morgan fingerprint density at radius 1 is 1.35 bits per heavy atom. The zero-order chi connectivity index (χ0) is 15.3. The number of rotatable bonds is 6. The highest BCUT2D eigenvalue weighted by atomic mass is 16.3. The number of carbonyl (C=O) groups excluding carboxylic acids is 1. The van der Waals surface area contributed by atoms with Gasteiger partial charge in [-0.3, -0.25) is 4.79 Å². The molecule has 10 nitrogen and oxygen atoms in total. The largest absolute Gasteiger partial charge is 0.504 e. The van der Waals surface area contributed by atoms with Crippen LogP contribution in [0.4, 0.5) is 0 Å². The molecular weight excluding hydrogens is 272 g/mol. The van der Waals surface area contributed by atoms with Gasteiger partial charge in [-0.2, -0.15) is 5.12 Å². The smallest absolute Gasteiger partial charge is 0.259 e. The van der Waals surface area contributed by atoms with Gasteiger partial charge in [0.15, 0.2) is 11.5 Å². The number of nitrogens with one attached hydrogen (secondary N) is 1. The molecule has 1 aromatic rings. The number of aliphatic hydroxyl groups is 1. The number of hydrogen-bond acceptors (Lipinski definition) is 8. The SMILES string of the molecule is NC(CO)C(=O)NN(Cc1ccc(O)c(O)c1O)N=O. The number of nitroso groups, excluding NO2 is 1. The van der Waals surface area contributed by atoms with Gasteiger partial charge in [-0.15, -0.1) is 4.91 Å². The van der Waals surface area contributed by atoms with Gasteiger partial charge in [-0.05, 0) is 12.1 Å². The third-order valence-electron chi connectivity index (χ3n) is 2.40. The Bertz CT molecular complexity index is 509. The van der Waals surface area contributed by atoms with Crippen LogP contribution < -0.4 is 11.2 Å². The Hall–Kier alpha value is -2.59. The summed E-state index contributed by atoms with van der Waals surface area (Å²) in [5, 5.41) is 39.7. The van der Waals surface area contributed by atoms with E-state index in [1.165, 1.54) is 6.07 Å². The molecule has 0 heterocycles. The molecule has 10 heteroatoms. The van der Waals surface area contributed by atoms with E-state index in [4.69, 9.17) is 15.9 Å². The highest BCUT2D eigenvalue weighted by Crippen LogP contribution is 2.37. The number of hydrazine groups is 1. The molecule has 1 amide bonds. The summed E-state index contributed by atoms with van der Waals surface area (Å²) in [7, 11) is 0. The first-order valence-electron chi connectivity index (χ1n) is 5.41. The van der Waals surface area contributed by atoms with Crippen molar-refractivity contribution in [3.8, 4) is 17.2 Å². The van der Waals surface area contributed by atoms with Crippen molar-refractivity contribution in [1.82, 2.24) is 10.5 Å². The van der Waals surface area contributed by atoms with Crippen molar-refractivity contribution in [2.45, 2.75) is 12.6 Å². The van der Waals surface area contributed by atoms with Gasteiger partial charge in [0.25, 0.3) is 5.91 Å². The second kappa shape index (κ2) is 6.54. The van der Waals surface area contributed by atoms with Crippen LogP contribution in [0.5, 0.6) is 17.2 Å². The van der Waals surface area contributed by atoms with Crippen LogP contribution in [0.3, 0.4) is 0 Å². The first-order chi connectivity index (χ1) is 9.40. The monoisotopic (exact) mass is 286 g/mol. The van der Waals surface area contributed by atoms with Gasteiger partial charge in [-0.25, -0.2) is 5.43 Å². The van der Waals surface area contributed by atoms with Crippen molar-refractivity contribution in [2.75, 3.05) is 6.61 Å². The number of carbonyl (C=O) groups is 1. The molecule has 110 valence electrons. The van der Waals surface area contributed by atoms with E-state index in [1.807, 2.05) is 5.43 Å². The highest BCUT2D eigenvalue weighted by molar-refractivity contribution is 5.81. The zero-order valence-corrected chi connectivity index (χ0v) is 10.2. The van der Waals surface area contributed by atoms with Crippen LogP contribution in [0.2, 0.25) is 0 Å². The van der Waals surface area contributed by atoms with Crippen LogP contribution in [0.25, 0.3) is 0 Å². The summed E-state index contributed by atoms with van der Waals surface area (Å²) in [5.41, 5.74) is 7.26. The topological polar surface area (TPSA) is 169 Å². The first kappa shape index (κ1) is 15.5. The van der Waals surface area contributed by atoms with Gasteiger partial charge in [0.1, 0.15) is 6.04 Å². The molecule has 7 N–H and O–H groups in total. The van der Waals surface area contributed by atoms with E-state index in [2.05, 4.69) is 5.29 Å². The maximum atomic E-state index is 11.4. The van der Waals surface area contributed by atoms with Gasteiger partial charge < -0.3 is 26.2 Å². The molecule has 0 aliphatic heterocycles. The van der Waals surface area contributed by atoms with Gasteiger partial charge in [-0.1, -0.05) is 0 Å². The fourth-order valence-electron chi connectivity index (χ4n) is 1.28. The van der Waals surface area contributed by atoms with Crippen molar-refractivity contribution in [2.24, 2.45) is 11.0 Å². The number of amides is 1. The summed E-state index contributed by atoms with van der Waals surface area (Å²) in [5.74, 6) is -2.80. The Balaban J connectivity index is 2.82. The van der Waals surface area contributed by atoms with Crippen molar-refractivity contribution < 1.29 is 25.2 Å². The predicted octanol–water partition coefficient (Wildman–Crippen LogP) is -1.36. The standard InChI is InChI=1S/C10H14N4O6/c11-6(4-15)10(19)12-14(13-20)3-5-1-2-7(16)9(18)8(5)17/h1-2,6,15-18H,3-4,11H2,(H,12,19). The third kappa shape index (κ3) is 3.46. The number of phenols is 3. The number of benzene rings is 1. The number of aliphatic hydroxyl groups excluding tert-OH is 1. The average Bonchev–Trinajstić information content (AvgIpc) is 2.45. The summed E-state index contributed by atoms with van der Waals surface area (Å²) in [4.78, 5) is 21.9. The third-order valence-corrected chi connectivity index (χ3v) is 2.40. The van der Waals surface area contributed by atoms with Crippen molar-refractivity contribution >= 4 is 5.91 Å². The van der Waals surface area contributed by atoms with E-state index in [9.17, 15) is 19.9 Å². The number of nitrogens with zero attached hydrogens (tertiary/aromatic N) is 2. The molecule has 0 aromatic heterocycles. The van der Waals surface area contributed by atoms with Crippen molar-refractivity contribution in [3.05, 3.63) is 22.6 Å². The minimum atomic E-state index is -1.24. The van der Waals surface area contributed by atoms with E-state index < -0.39 is 35.8 Å². The maximum absolute atomic E-state index is 11.4. The Morgan fingerprint density at radius 3 is 2.55 bits per heavy atom. The lowest BCUT2D eigenvalue weighted by atomic mass is 10.1. The van der Waals surface area contributed by atoms with Crippen LogP contribution >= 0.6 is 0 Å². The van der Waals surface area contributed by atoms with E-state index in [1.54, 1.807) is 0 Å². The second-order valence-electron chi connectivity index (χ2n) is 3.85. The fourth-order valence-corrected chi connectivity index (χ4v) is 1.28. The molecule has 0 saturated heterocycles. The normalized spacial score (nSPS) is 11.7. The molecule has 20 heavy (non-hydrogen) atoms. The molecular formula is C10H14N4O6. The number of aromatic hydroxyl groups is 3. The van der Waals surface area contributed by atoms with E-state index in [-0.39, 0.29) is 12.1 Å².